The molecule has 1 aliphatic rings. The normalized spacial score (nSPS) is 21.1. The number of aromatic nitrogens is 4. The monoisotopic (exact) mass is 343 g/mol. The van der Waals surface area contributed by atoms with Crippen LogP contribution in [0.15, 0.2) is 24.5 Å². The Kier molecular flexibility index (Phi) is 4.91. The molecule has 1 aliphatic heterocycles. The number of hydrogen-bond acceptors (Lipinski definition) is 4. The van der Waals surface area contributed by atoms with E-state index in [2.05, 4.69) is 20.2 Å². The number of piperidine rings is 1. The maximum atomic E-state index is 12.7. The van der Waals surface area contributed by atoms with Gasteiger partial charge in [0, 0.05) is 37.1 Å². The van der Waals surface area contributed by atoms with Gasteiger partial charge in [0.2, 0.25) is 0 Å². The molecule has 2 aromatic rings. The summed E-state index contributed by atoms with van der Waals surface area (Å²) in [7, 11) is 0. The zero-order valence-corrected chi connectivity index (χ0v) is 13.1. The Morgan fingerprint density at radius 1 is 1.38 bits per heavy atom. The predicted octanol–water partition coefficient (Wildman–Crippen LogP) is 1.87. The molecule has 0 saturated carbocycles. The van der Waals surface area contributed by atoms with Gasteiger partial charge in [-0.25, -0.2) is 0 Å². The van der Waals surface area contributed by atoms with Gasteiger partial charge in [0.25, 0.3) is 0 Å². The number of aromatic amines is 1. The number of alkyl halides is 3. The van der Waals surface area contributed by atoms with Crippen molar-refractivity contribution in [2.45, 2.75) is 37.6 Å². The van der Waals surface area contributed by atoms with Crippen molar-refractivity contribution in [3.63, 3.8) is 0 Å². The number of nitrogens with zero attached hydrogens (tertiary/aromatic N) is 4. The molecule has 0 aliphatic carbocycles. The van der Waals surface area contributed by atoms with Crippen molar-refractivity contribution in [1.29, 1.82) is 0 Å². The number of β-amino-alcohol motifs (C(OH)–C–C–N with tert-alkyl or cyclic N) is 1. The maximum Gasteiger partial charge on any atom is 0.435 e. The van der Waals surface area contributed by atoms with E-state index in [9.17, 15) is 18.3 Å². The summed E-state index contributed by atoms with van der Waals surface area (Å²) in [5.41, 5.74) is -0.373. The first-order valence-corrected chi connectivity index (χ1v) is 7.92. The molecule has 2 aromatic heterocycles. The van der Waals surface area contributed by atoms with Gasteiger partial charge in [-0.3, -0.25) is 9.78 Å². The number of likely N-dealkylation sites (tertiary alicyclic amines) is 1. The highest BCUT2D eigenvalue weighted by atomic mass is 19.4. The lowest BCUT2D eigenvalue weighted by molar-refractivity contribution is -0.141. The summed E-state index contributed by atoms with van der Waals surface area (Å²) in [5.74, 6) is -0.0285. The minimum Gasteiger partial charge on any atom is -0.390 e. The van der Waals surface area contributed by atoms with Gasteiger partial charge < -0.3 is 10.0 Å². The molecular weight excluding hydrogens is 323 g/mol. The summed E-state index contributed by atoms with van der Waals surface area (Å²) in [6, 6.07) is 2.88. The molecule has 3 rings (SSSR count). The molecule has 3 heterocycles. The summed E-state index contributed by atoms with van der Waals surface area (Å²) in [6.45, 7) is 2.30. The van der Waals surface area contributed by atoms with Crippen LogP contribution >= 0.6 is 0 Å². The summed E-state index contributed by atoms with van der Waals surface area (Å²) in [5, 5.41) is 20.1. The van der Waals surface area contributed by atoms with Crippen LogP contribution in [0.5, 0.6) is 0 Å². The third kappa shape index (κ3) is 4.15. The van der Waals surface area contributed by atoms with E-state index in [4.69, 9.17) is 0 Å². The van der Waals surface area contributed by atoms with Crippen molar-refractivity contribution < 1.29 is 18.3 Å². The SMILES string of the molecule is O[C@@H](CN1CCC[C@@H](c2cc(C(F)(F)F)n[nH]2)C1)Cn1cccn1. The van der Waals surface area contributed by atoms with Crippen LogP contribution in [0.2, 0.25) is 0 Å². The fourth-order valence-corrected chi connectivity index (χ4v) is 3.15. The average Bonchev–Trinajstić information content (AvgIpc) is 3.17. The highest BCUT2D eigenvalue weighted by Crippen LogP contribution is 2.32. The van der Waals surface area contributed by atoms with Crippen LogP contribution in [0.3, 0.4) is 0 Å². The zero-order chi connectivity index (χ0) is 17.2. The van der Waals surface area contributed by atoms with Crippen molar-refractivity contribution >= 4 is 0 Å². The largest absolute Gasteiger partial charge is 0.435 e. The van der Waals surface area contributed by atoms with E-state index in [1.807, 2.05) is 0 Å². The van der Waals surface area contributed by atoms with Gasteiger partial charge in [0.05, 0.1) is 12.6 Å². The average molecular weight is 343 g/mol. The van der Waals surface area contributed by atoms with Crippen LogP contribution in [0.25, 0.3) is 0 Å². The van der Waals surface area contributed by atoms with Crippen LogP contribution < -0.4 is 0 Å². The van der Waals surface area contributed by atoms with Gasteiger partial charge in [-0.15, -0.1) is 0 Å². The van der Waals surface area contributed by atoms with E-state index < -0.39 is 18.0 Å². The van der Waals surface area contributed by atoms with Crippen molar-refractivity contribution in [2.75, 3.05) is 19.6 Å². The smallest absolute Gasteiger partial charge is 0.390 e. The number of nitrogens with one attached hydrogen (secondary N) is 1. The number of H-pyrrole nitrogens is 1. The number of hydrogen-bond donors (Lipinski definition) is 2. The van der Waals surface area contributed by atoms with Gasteiger partial charge in [-0.2, -0.15) is 23.4 Å². The maximum absolute atomic E-state index is 12.7. The fourth-order valence-electron chi connectivity index (χ4n) is 3.15. The molecule has 0 aromatic carbocycles. The van der Waals surface area contributed by atoms with Crippen LogP contribution in [-0.4, -0.2) is 55.7 Å². The first kappa shape index (κ1) is 17.0. The summed E-state index contributed by atoms with van der Waals surface area (Å²) in [4.78, 5) is 2.08. The molecule has 24 heavy (non-hydrogen) atoms. The van der Waals surface area contributed by atoms with E-state index in [1.165, 1.54) is 0 Å². The molecule has 1 saturated heterocycles. The molecule has 0 spiro atoms. The molecule has 2 atom stereocenters. The lowest BCUT2D eigenvalue weighted by Crippen LogP contribution is -2.40. The van der Waals surface area contributed by atoms with Crippen molar-refractivity contribution in [2.24, 2.45) is 0 Å². The highest BCUT2D eigenvalue weighted by molar-refractivity contribution is 5.16. The summed E-state index contributed by atoms with van der Waals surface area (Å²) < 4.78 is 39.7. The van der Waals surface area contributed by atoms with E-state index in [-0.39, 0.29) is 5.92 Å². The van der Waals surface area contributed by atoms with Gasteiger partial charge in [-0.1, -0.05) is 0 Å². The number of aliphatic hydroxyl groups is 1. The molecule has 0 amide bonds. The van der Waals surface area contributed by atoms with Gasteiger partial charge in [0.1, 0.15) is 0 Å². The quantitative estimate of drug-likeness (QED) is 0.870. The zero-order valence-electron chi connectivity index (χ0n) is 13.1. The Bertz CT molecular complexity index is 640. The second kappa shape index (κ2) is 6.94. The first-order valence-electron chi connectivity index (χ1n) is 7.92. The Labute approximate surface area is 137 Å². The molecule has 132 valence electrons. The topological polar surface area (TPSA) is 70.0 Å². The van der Waals surface area contributed by atoms with E-state index in [1.54, 1.807) is 23.1 Å². The molecule has 6 nitrogen and oxygen atoms in total. The number of aliphatic hydroxyl groups excluding tert-OH is 1. The fraction of sp³-hybridized carbons (Fsp3) is 0.600. The van der Waals surface area contributed by atoms with Gasteiger partial charge >= 0.3 is 6.18 Å². The Balaban J connectivity index is 1.57. The van der Waals surface area contributed by atoms with Crippen molar-refractivity contribution in [1.82, 2.24) is 24.9 Å². The van der Waals surface area contributed by atoms with E-state index in [0.29, 0.717) is 25.3 Å². The van der Waals surface area contributed by atoms with Crippen LogP contribution in [0, 0.1) is 0 Å². The lowest BCUT2D eigenvalue weighted by Gasteiger charge is -2.33. The minimum absolute atomic E-state index is 0.0285. The second-order valence-electron chi connectivity index (χ2n) is 6.19. The Morgan fingerprint density at radius 3 is 2.88 bits per heavy atom. The molecule has 0 bridgehead atoms. The highest BCUT2D eigenvalue weighted by Gasteiger charge is 2.35. The molecular formula is C15H20F3N5O. The third-order valence-corrected chi connectivity index (χ3v) is 4.26. The van der Waals surface area contributed by atoms with E-state index in [0.717, 1.165) is 25.5 Å². The number of rotatable bonds is 5. The second-order valence-corrected chi connectivity index (χ2v) is 6.19. The summed E-state index contributed by atoms with van der Waals surface area (Å²) >= 11 is 0. The molecule has 0 radical (unpaired) electrons. The Hall–Kier alpha value is -1.87. The van der Waals surface area contributed by atoms with Crippen molar-refractivity contribution in [3.05, 3.63) is 35.9 Å². The van der Waals surface area contributed by atoms with Gasteiger partial charge in [0.15, 0.2) is 5.69 Å². The third-order valence-electron chi connectivity index (χ3n) is 4.26. The van der Waals surface area contributed by atoms with Crippen LogP contribution in [-0.2, 0) is 12.7 Å². The number of halogens is 3. The molecule has 0 unspecified atom stereocenters. The minimum atomic E-state index is -4.43. The molecule has 2 N–H and O–H groups in total. The lowest BCUT2D eigenvalue weighted by atomic mass is 9.94. The molecule has 1 fully saturated rings. The molecule has 9 heteroatoms. The van der Waals surface area contributed by atoms with Crippen LogP contribution in [0.4, 0.5) is 13.2 Å². The predicted molar refractivity (Wildman–Crippen MR) is 80.2 cm³/mol. The van der Waals surface area contributed by atoms with Crippen molar-refractivity contribution in [3.8, 4) is 0 Å². The summed E-state index contributed by atoms with van der Waals surface area (Å²) in [6.07, 6.45) is 0.121. The van der Waals surface area contributed by atoms with E-state index >= 15 is 0 Å². The van der Waals surface area contributed by atoms with Crippen LogP contribution in [0.1, 0.15) is 30.1 Å². The Morgan fingerprint density at radius 2 is 2.21 bits per heavy atom. The van der Waals surface area contributed by atoms with Gasteiger partial charge in [-0.05, 0) is 31.5 Å². The standard InChI is InChI=1S/C15H20F3N5O/c16-15(17,18)14-7-13(20-21-14)11-3-1-5-22(8-11)9-12(24)10-23-6-2-4-19-23/h2,4,6-7,11-12,24H,1,3,5,8-10H2,(H,20,21)/t11-,12+/m1/s1. The first-order chi connectivity index (χ1) is 11.4.